The fraction of sp³-hybridized carbons (Fsp3) is 0.500. The summed E-state index contributed by atoms with van der Waals surface area (Å²) in [6.45, 7) is 9.26. The molecule has 0 bridgehead atoms. The van der Waals surface area contributed by atoms with E-state index in [0.29, 0.717) is 18.2 Å². The number of hydrogen-bond acceptors (Lipinski definition) is 3. The van der Waals surface area contributed by atoms with Gasteiger partial charge >= 0.3 is 0 Å². The Kier molecular flexibility index (Phi) is 5.32. The number of nitrogens with zero attached hydrogens (tertiary/aromatic N) is 4. The van der Waals surface area contributed by atoms with E-state index >= 15 is 0 Å². The van der Waals surface area contributed by atoms with Gasteiger partial charge in [0.05, 0.1) is 17.9 Å². The van der Waals surface area contributed by atoms with Crippen molar-refractivity contribution < 1.29 is 0 Å². The molecular formula is C14H22N6S. The second-order valence-electron chi connectivity index (χ2n) is 4.77. The maximum absolute atomic E-state index is 5.31. The minimum atomic E-state index is 0.641. The molecule has 2 aromatic rings. The lowest BCUT2D eigenvalue weighted by atomic mass is 10.3. The molecule has 0 aliphatic heterocycles. The number of aryl methyl sites for hydroxylation is 3. The average molecular weight is 306 g/mol. The molecule has 114 valence electrons. The van der Waals surface area contributed by atoms with Crippen molar-refractivity contribution in [3.63, 3.8) is 0 Å². The quantitative estimate of drug-likeness (QED) is 0.794. The van der Waals surface area contributed by atoms with Crippen LogP contribution in [0.4, 0.5) is 0 Å². The molecule has 2 aromatic heterocycles. The molecule has 7 heteroatoms. The van der Waals surface area contributed by atoms with E-state index in [-0.39, 0.29) is 0 Å². The molecular weight excluding hydrogens is 284 g/mol. The number of nitrogens with one attached hydrogen (secondary N) is 2. The maximum atomic E-state index is 5.31. The van der Waals surface area contributed by atoms with Crippen LogP contribution in [0, 0.1) is 6.92 Å². The molecule has 21 heavy (non-hydrogen) atoms. The molecule has 0 aliphatic carbocycles. The molecule has 0 saturated carbocycles. The predicted octanol–water partition coefficient (Wildman–Crippen LogP) is 1.59. The maximum Gasteiger partial charge on any atom is 0.166 e. The van der Waals surface area contributed by atoms with Crippen molar-refractivity contribution in [2.24, 2.45) is 0 Å². The first kappa shape index (κ1) is 15.5. The van der Waals surface area contributed by atoms with E-state index in [1.165, 1.54) is 5.56 Å². The summed E-state index contributed by atoms with van der Waals surface area (Å²) in [7, 11) is 0. The first-order valence-electron chi connectivity index (χ1n) is 7.19. The summed E-state index contributed by atoms with van der Waals surface area (Å²) in [5.41, 5.74) is 3.33. The molecule has 2 N–H and O–H groups in total. The van der Waals surface area contributed by atoms with Crippen molar-refractivity contribution in [1.29, 1.82) is 0 Å². The molecule has 0 amide bonds. The molecule has 0 unspecified atom stereocenters. The summed E-state index contributed by atoms with van der Waals surface area (Å²) in [5, 5.41) is 15.7. The molecule has 0 aliphatic rings. The number of hydrogen-bond donors (Lipinski definition) is 2. The summed E-state index contributed by atoms with van der Waals surface area (Å²) in [6, 6.07) is 1.99. The Labute approximate surface area is 130 Å². The van der Waals surface area contributed by atoms with E-state index in [4.69, 9.17) is 12.2 Å². The van der Waals surface area contributed by atoms with Crippen LogP contribution in [0.1, 0.15) is 30.8 Å². The van der Waals surface area contributed by atoms with E-state index in [0.717, 1.165) is 24.5 Å². The van der Waals surface area contributed by atoms with E-state index in [2.05, 4.69) is 40.9 Å². The molecule has 0 radical (unpaired) electrons. The van der Waals surface area contributed by atoms with Crippen molar-refractivity contribution in [2.45, 2.75) is 47.0 Å². The predicted molar refractivity (Wildman–Crippen MR) is 86.8 cm³/mol. The molecule has 0 atom stereocenters. The molecule has 6 nitrogen and oxygen atoms in total. The van der Waals surface area contributed by atoms with Crippen LogP contribution in [0.2, 0.25) is 0 Å². The molecule has 0 spiro atoms. The van der Waals surface area contributed by atoms with Crippen molar-refractivity contribution in [3.05, 3.63) is 35.4 Å². The van der Waals surface area contributed by atoms with Crippen molar-refractivity contribution >= 4 is 17.3 Å². The highest BCUT2D eigenvalue weighted by atomic mass is 32.1. The van der Waals surface area contributed by atoms with Crippen LogP contribution in [0.5, 0.6) is 0 Å². The summed E-state index contributed by atoms with van der Waals surface area (Å²) >= 11 is 5.31. The van der Waals surface area contributed by atoms with E-state index in [9.17, 15) is 0 Å². The lowest BCUT2D eigenvalue weighted by molar-refractivity contribution is 0.611. The molecule has 2 rings (SSSR count). The second kappa shape index (κ2) is 7.21. The van der Waals surface area contributed by atoms with E-state index in [1.54, 1.807) is 6.20 Å². The van der Waals surface area contributed by atoms with Crippen LogP contribution in [0.15, 0.2) is 18.5 Å². The Balaban J connectivity index is 1.81. The summed E-state index contributed by atoms with van der Waals surface area (Å²) in [4.78, 5) is 0. The van der Waals surface area contributed by atoms with Gasteiger partial charge in [0.15, 0.2) is 5.11 Å². The normalized spacial score (nSPS) is 10.6. The van der Waals surface area contributed by atoms with Crippen LogP contribution in [0.3, 0.4) is 0 Å². The Morgan fingerprint density at radius 1 is 1.24 bits per heavy atom. The third-order valence-corrected chi connectivity index (χ3v) is 3.63. The molecule has 2 heterocycles. The van der Waals surface area contributed by atoms with Crippen LogP contribution >= 0.6 is 12.2 Å². The lowest BCUT2D eigenvalue weighted by Gasteiger charge is -2.11. The fourth-order valence-corrected chi connectivity index (χ4v) is 2.24. The summed E-state index contributed by atoms with van der Waals surface area (Å²) in [6.07, 6.45) is 3.86. The zero-order chi connectivity index (χ0) is 15.2. The first-order chi connectivity index (χ1) is 10.1. The standard InChI is InChI=1S/C14H22N6S/c1-4-19-10-12(11(3)18-19)8-15-14(21)16-9-13-6-7-17-20(13)5-2/h6-7,10H,4-5,8-9H2,1-3H3,(H2,15,16,21). The molecule has 0 saturated heterocycles. The van der Waals surface area contributed by atoms with Gasteiger partial charge in [0.25, 0.3) is 0 Å². The van der Waals surface area contributed by atoms with Gasteiger partial charge in [-0.1, -0.05) is 0 Å². The highest BCUT2D eigenvalue weighted by Gasteiger charge is 2.05. The van der Waals surface area contributed by atoms with E-state index < -0.39 is 0 Å². The number of rotatable bonds is 6. The van der Waals surface area contributed by atoms with Crippen LogP contribution in [-0.2, 0) is 26.2 Å². The zero-order valence-corrected chi connectivity index (χ0v) is 13.6. The van der Waals surface area contributed by atoms with Gasteiger partial charge in [-0.05, 0) is 39.1 Å². The first-order valence-corrected chi connectivity index (χ1v) is 7.60. The lowest BCUT2D eigenvalue weighted by Crippen LogP contribution is -2.34. The highest BCUT2D eigenvalue weighted by Crippen LogP contribution is 2.05. The second-order valence-corrected chi connectivity index (χ2v) is 5.18. The fourth-order valence-electron chi connectivity index (χ4n) is 2.10. The highest BCUT2D eigenvalue weighted by molar-refractivity contribution is 7.80. The SMILES string of the molecule is CCn1cc(CNC(=S)NCc2ccnn2CC)c(C)n1. The van der Waals surface area contributed by atoms with Crippen LogP contribution in [-0.4, -0.2) is 24.7 Å². The summed E-state index contributed by atoms with van der Waals surface area (Å²) < 4.78 is 3.88. The number of aromatic nitrogens is 4. The van der Waals surface area contributed by atoms with Gasteiger partial charge in [0.1, 0.15) is 0 Å². The summed E-state index contributed by atoms with van der Waals surface area (Å²) in [5.74, 6) is 0. The van der Waals surface area contributed by atoms with Gasteiger partial charge in [-0.25, -0.2) is 0 Å². The third kappa shape index (κ3) is 4.04. The topological polar surface area (TPSA) is 59.7 Å². The van der Waals surface area contributed by atoms with Gasteiger partial charge in [-0.3, -0.25) is 9.36 Å². The van der Waals surface area contributed by atoms with Crippen molar-refractivity contribution in [3.8, 4) is 0 Å². The molecule has 0 aromatic carbocycles. The largest absolute Gasteiger partial charge is 0.359 e. The Morgan fingerprint density at radius 3 is 2.67 bits per heavy atom. The van der Waals surface area contributed by atoms with Crippen LogP contribution in [0.25, 0.3) is 0 Å². The van der Waals surface area contributed by atoms with Crippen molar-refractivity contribution in [2.75, 3.05) is 0 Å². The monoisotopic (exact) mass is 306 g/mol. The number of thiocarbonyl (C=S) groups is 1. The van der Waals surface area contributed by atoms with Gasteiger partial charge < -0.3 is 10.6 Å². The average Bonchev–Trinajstić information content (AvgIpc) is 3.08. The van der Waals surface area contributed by atoms with Gasteiger partial charge in [-0.2, -0.15) is 10.2 Å². The van der Waals surface area contributed by atoms with Crippen molar-refractivity contribution in [1.82, 2.24) is 30.2 Å². The Morgan fingerprint density at radius 2 is 2.00 bits per heavy atom. The third-order valence-electron chi connectivity index (χ3n) is 3.35. The minimum Gasteiger partial charge on any atom is -0.359 e. The van der Waals surface area contributed by atoms with E-state index in [1.807, 2.05) is 22.4 Å². The Bertz CT molecular complexity index is 600. The van der Waals surface area contributed by atoms with Gasteiger partial charge in [0, 0.05) is 37.6 Å². The van der Waals surface area contributed by atoms with Gasteiger partial charge in [-0.15, -0.1) is 0 Å². The smallest absolute Gasteiger partial charge is 0.166 e. The zero-order valence-electron chi connectivity index (χ0n) is 12.8. The molecule has 0 fully saturated rings. The van der Waals surface area contributed by atoms with Crippen LogP contribution < -0.4 is 10.6 Å². The minimum absolute atomic E-state index is 0.641. The van der Waals surface area contributed by atoms with Gasteiger partial charge in [0.2, 0.25) is 0 Å². The Hall–Kier alpha value is -1.89.